The molecule has 1 aromatic rings. The minimum absolute atomic E-state index is 0.0639. The quantitative estimate of drug-likeness (QED) is 0.808. The van der Waals surface area contributed by atoms with Gasteiger partial charge in [-0.25, -0.2) is 8.42 Å². The summed E-state index contributed by atoms with van der Waals surface area (Å²) in [4.78, 5) is 1.25. The van der Waals surface area contributed by atoms with Crippen molar-refractivity contribution in [2.45, 2.75) is 37.5 Å². The summed E-state index contributed by atoms with van der Waals surface area (Å²) in [7, 11) is -2.86. The molecule has 17 heavy (non-hydrogen) atoms. The van der Waals surface area contributed by atoms with E-state index in [4.69, 9.17) is 0 Å². The van der Waals surface area contributed by atoms with Crippen LogP contribution in [0.1, 0.15) is 30.6 Å². The van der Waals surface area contributed by atoms with Crippen LogP contribution in [0.25, 0.3) is 0 Å². The summed E-state index contributed by atoms with van der Waals surface area (Å²) in [5.74, 6) is 0.281. The number of nitrogens with one attached hydrogen (secondary N) is 1. The van der Waals surface area contributed by atoms with Crippen molar-refractivity contribution in [3.8, 4) is 0 Å². The average molecular weight is 273 g/mol. The molecule has 1 aliphatic carbocycles. The Morgan fingerprint density at radius 1 is 1.35 bits per heavy atom. The fourth-order valence-electron chi connectivity index (χ4n) is 2.25. The molecule has 1 fully saturated rings. The molecule has 1 aliphatic rings. The topological polar surface area (TPSA) is 46.2 Å². The summed E-state index contributed by atoms with van der Waals surface area (Å²) in [5.41, 5.74) is 0. The SMILES string of the molecule is O=S(=O)(CCNCc1cccs1)C1CCCC1. The molecule has 3 nitrogen and oxygen atoms in total. The monoisotopic (exact) mass is 273 g/mol. The van der Waals surface area contributed by atoms with Crippen molar-refractivity contribution in [3.63, 3.8) is 0 Å². The molecule has 0 amide bonds. The maximum absolute atomic E-state index is 12.0. The summed E-state index contributed by atoms with van der Waals surface area (Å²) in [5, 5.41) is 5.17. The molecule has 1 saturated carbocycles. The number of sulfone groups is 1. The fourth-order valence-corrected chi connectivity index (χ4v) is 4.74. The Labute approximate surface area is 107 Å². The van der Waals surface area contributed by atoms with E-state index in [-0.39, 0.29) is 11.0 Å². The van der Waals surface area contributed by atoms with Gasteiger partial charge in [-0.05, 0) is 24.3 Å². The van der Waals surface area contributed by atoms with Crippen LogP contribution in [0.4, 0.5) is 0 Å². The Morgan fingerprint density at radius 3 is 2.76 bits per heavy atom. The number of hydrogen-bond acceptors (Lipinski definition) is 4. The van der Waals surface area contributed by atoms with Gasteiger partial charge in [0.25, 0.3) is 0 Å². The molecule has 5 heteroatoms. The Hall–Kier alpha value is -0.390. The molecule has 1 aromatic heterocycles. The van der Waals surface area contributed by atoms with Gasteiger partial charge in [0.05, 0.1) is 11.0 Å². The van der Waals surface area contributed by atoms with E-state index in [0.717, 1.165) is 32.2 Å². The van der Waals surface area contributed by atoms with Gasteiger partial charge in [-0.3, -0.25) is 0 Å². The van der Waals surface area contributed by atoms with Crippen molar-refractivity contribution in [3.05, 3.63) is 22.4 Å². The smallest absolute Gasteiger partial charge is 0.154 e. The lowest BCUT2D eigenvalue weighted by atomic mass is 10.4. The summed E-state index contributed by atoms with van der Waals surface area (Å²) in [6.07, 6.45) is 3.89. The molecule has 0 spiro atoms. The highest BCUT2D eigenvalue weighted by Crippen LogP contribution is 2.24. The third kappa shape index (κ3) is 3.79. The van der Waals surface area contributed by atoms with Gasteiger partial charge < -0.3 is 5.32 Å². The molecule has 1 N–H and O–H groups in total. The van der Waals surface area contributed by atoms with Gasteiger partial charge in [0.2, 0.25) is 0 Å². The van der Waals surface area contributed by atoms with Crippen LogP contribution in [0.3, 0.4) is 0 Å². The molecular weight excluding hydrogens is 254 g/mol. The van der Waals surface area contributed by atoms with Crippen molar-refractivity contribution in [2.24, 2.45) is 0 Å². The summed E-state index contributed by atoms with van der Waals surface area (Å²) < 4.78 is 23.9. The highest BCUT2D eigenvalue weighted by Gasteiger charge is 2.27. The first-order valence-electron chi connectivity index (χ1n) is 6.13. The van der Waals surface area contributed by atoms with E-state index in [0.29, 0.717) is 6.54 Å². The highest BCUT2D eigenvalue weighted by molar-refractivity contribution is 7.92. The first kappa shape index (κ1) is 13.1. The van der Waals surface area contributed by atoms with Crippen LogP contribution in [-0.2, 0) is 16.4 Å². The van der Waals surface area contributed by atoms with Gasteiger partial charge in [-0.15, -0.1) is 11.3 Å². The first-order chi connectivity index (χ1) is 8.18. The Balaban J connectivity index is 1.70. The first-order valence-corrected chi connectivity index (χ1v) is 8.73. The normalized spacial score (nSPS) is 17.6. The molecule has 0 aliphatic heterocycles. The maximum atomic E-state index is 12.0. The van der Waals surface area contributed by atoms with Crippen molar-refractivity contribution < 1.29 is 8.42 Å². The van der Waals surface area contributed by atoms with E-state index < -0.39 is 9.84 Å². The third-order valence-electron chi connectivity index (χ3n) is 3.25. The molecule has 0 unspecified atom stereocenters. The summed E-state index contributed by atoms with van der Waals surface area (Å²) in [6.45, 7) is 1.34. The van der Waals surface area contributed by atoms with E-state index in [1.165, 1.54) is 4.88 Å². The predicted octanol–water partition coefficient (Wildman–Crippen LogP) is 2.20. The molecule has 0 radical (unpaired) electrons. The van der Waals surface area contributed by atoms with Gasteiger partial charge in [0, 0.05) is 18.0 Å². The van der Waals surface area contributed by atoms with E-state index >= 15 is 0 Å². The van der Waals surface area contributed by atoms with Crippen LogP contribution in [-0.4, -0.2) is 26.0 Å². The average Bonchev–Trinajstić information content (AvgIpc) is 2.97. The van der Waals surface area contributed by atoms with E-state index in [1.807, 2.05) is 11.4 Å². The fraction of sp³-hybridized carbons (Fsp3) is 0.667. The van der Waals surface area contributed by atoms with Crippen LogP contribution >= 0.6 is 11.3 Å². The van der Waals surface area contributed by atoms with Crippen molar-refractivity contribution >= 4 is 21.2 Å². The molecule has 0 atom stereocenters. The second-order valence-corrected chi connectivity index (χ2v) is 7.96. The lowest BCUT2D eigenvalue weighted by molar-refractivity contribution is 0.575. The molecular formula is C12H19NO2S2. The van der Waals surface area contributed by atoms with Crippen molar-refractivity contribution in [1.29, 1.82) is 0 Å². The Morgan fingerprint density at radius 2 is 2.12 bits per heavy atom. The largest absolute Gasteiger partial charge is 0.311 e. The Bertz CT molecular complexity index is 419. The van der Waals surface area contributed by atoms with Crippen LogP contribution in [0.2, 0.25) is 0 Å². The van der Waals surface area contributed by atoms with E-state index in [9.17, 15) is 8.42 Å². The minimum Gasteiger partial charge on any atom is -0.311 e. The summed E-state index contributed by atoms with van der Waals surface area (Å²) >= 11 is 1.69. The molecule has 0 saturated heterocycles. The van der Waals surface area contributed by atoms with Crippen LogP contribution < -0.4 is 5.32 Å². The number of hydrogen-bond donors (Lipinski definition) is 1. The molecule has 2 rings (SSSR count). The van der Waals surface area contributed by atoms with Gasteiger partial charge in [-0.2, -0.15) is 0 Å². The lowest BCUT2D eigenvalue weighted by Gasteiger charge is -2.11. The zero-order valence-corrected chi connectivity index (χ0v) is 11.5. The zero-order chi connectivity index (χ0) is 12.1. The lowest BCUT2D eigenvalue weighted by Crippen LogP contribution is -2.28. The highest BCUT2D eigenvalue weighted by atomic mass is 32.2. The van der Waals surface area contributed by atoms with Crippen molar-refractivity contribution in [1.82, 2.24) is 5.32 Å². The minimum atomic E-state index is -2.86. The second-order valence-electron chi connectivity index (χ2n) is 4.53. The van der Waals surface area contributed by atoms with Gasteiger partial charge in [-0.1, -0.05) is 18.9 Å². The van der Waals surface area contributed by atoms with Gasteiger partial charge >= 0.3 is 0 Å². The second kappa shape index (κ2) is 5.98. The van der Waals surface area contributed by atoms with Crippen LogP contribution in [0.15, 0.2) is 17.5 Å². The van der Waals surface area contributed by atoms with E-state index in [1.54, 1.807) is 11.3 Å². The third-order valence-corrected chi connectivity index (χ3v) is 6.39. The zero-order valence-electron chi connectivity index (χ0n) is 9.89. The van der Waals surface area contributed by atoms with E-state index in [2.05, 4.69) is 11.4 Å². The molecule has 96 valence electrons. The van der Waals surface area contributed by atoms with Gasteiger partial charge in [0.1, 0.15) is 0 Å². The number of rotatable bonds is 6. The number of thiophene rings is 1. The van der Waals surface area contributed by atoms with Crippen LogP contribution in [0, 0.1) is 0 Å². The standard InChI is InChI=1S/C12H19NO2S2/c14-17(15,12-5-1-2-6-12)9-7-13-10-11-4-3-8-16-11/h3-4,8,12-13H,1-2,5-7,9-10H2. The molecule has 0 aromatic carbocycles. The van der Waals surface area contributed by atoms with Crippen LogP contribution in [0.5, 0.6) is 0 Å². The Kier molecular flexibility index (Phi) is 4.59. The van der Waals surface area contributed by atoms with Crippen molar-refractivity contribution in [2.75, 3.05) is 12.3 Å². The molecule has 1 heterocycles. The summed E-state index contributed by atoms with van der Waals surface area (Å²) in [6, 6.07) is 4.07. The predicted molar refractivity (Wildman–Crippen MR) is 72.1 cm³/mol. The van der Waals surface area contributed by atoms with Gasteiger partial charge in [0.15, 0.2) is 9.84 Å². The maximum Gasteiger partial charge on any atom is 0.154 e. The molecule has 0 bridgehead atoms.